The van der Waals surface area contributed by atoms with Gasteiger partial charge in [0, 0.05) is 12.3 Å². The van der Waals surface area contributed by atoms with Crippen molar-refractivity contribution in [2.75, 3.05) is 0 Å². The van der Waals surface area contributed by atoms with E-state index >= 15 is 0 Å². The van der Waals surface area contributed by atoms with Crippen LogP contribution >= 0.6 is 11.6 Å². The summed E-state index contributed by atoms with van der Waals surface area (Å²) in [5.41, 5.74) is 0. The summed E-state index contributed by atoms with van der Waals surface area (Å²) in [6.07, 6.45) is 1.30. The van der Waals surface area contributed by atoms with E-state index in [1.54, 1.807) is 0 Å². The molecule has 0 aromatic carbocycles. The molecule has 0 atom stereocenters. The van der Waals surface area contributed by atoms with Crippen LogP contribution in [0.15, 0.2) is 12.3 Å². The van der Waals surface area contributed by atoms with Crippen LogP contribution in [0.1, 0.15) is 0 Å². The van der Waals surface area contributed by atoms with Crippen molar-refractivity contribution in [3.8, 4) is 0 Å². The maximum atomic E-state index is 12.8. The standard InChI is InChI=1S/C5H2ClFN4/c6-4-9-10-5-8-2-1-3(7)11(4)5/h1-2H. The predicted molar refractivity (Wildman–Crippen MR) is 35.8 cm³/mol. The highest BCUT2D eigenvalue weighted by Crippen LogP contribution is 2.08. The second-order valence-corrected chi connectivity index (χ2v) is 2.21. The van der Waals surface area contributed by atoms with E-state index in [1.165, 1.54) is 12.3 Å². The molecule has 0 saturated heterocycles. The highest BCUT2D eigenvalue weighted by Gasteiger charge is 2.06. The van der Waals surface area contributed by atoms with Crippen LogP contribution in [0.25, 0.3) is 5.78 Å². The summed E-state index contributed by atoms with van der Waals surface area (Å²) in [6, 6.07) is 1.18. The second-order valence-electron chi connectivity index (χ2n) is 1.87. The Kier molecular flexibility index (Phi) is 1.25. The lowest BCUT2D eigenvalue weighted by Crippen LogP contribution is -1.93. The van der Waals surface area contributed by atoms with E-state index in [0.29, 0.717) is 0 Å². The van der Waals surface area contributed by atoms with Crippen molar-refractivity contribution in [1.29, 1.82) is 0 Å². The largest absolute Gasteiger partial charge is 0.258 e. The van der Waals surface area contributed by atoms with E-state index in [4.69, 9.17) is 11.6 Å². The summed E-state index contributed by atoms with van der Waals surface area (Å²) >= 11 is 5.49. The Morgan fingerprint density at radius 2 is 2.27 bits per heavy atom. The zero-order valence-corrected chi connectivity index (χ0v) is 5.96. The van der Waals surface area contributed by atoms with Crippen molar-refractivity contribution in [2.45, 2.75) is 0 Å². The number of fused-ring (bicyclic) bond motifs is 1. The molecule has 0 spiro atoms. The molecule has 2 aromatic rings. The van der Waals surface area contributed by atoms with Crippen LogP contribution in [0.5, 0.6) is 0 Å². The second kappa shape index (κ2) is 2.13. The van der Waals surface area contributed by atoms with Crippen molar-refractivity contribution in [3.63, 3.8) is 0 Å². The average Bonchev–Trinajstić information content (AvgIpc) is 2.34. The minimum absolute atomic E-state index is 0.0226. The molecular weight excluding hydrogens is 171 g/mol. The maximum absolute atomic E-state index is 12.8. The SMILES string of the molecule is Fc1ccnc2nnc(Cl)n12. The topological polar surface area (TPSA) is 43.1 Å². The molecule has 2 heterocycles. The molecule has 0 aliphatic carbocycles. The lowest BCUT2D eigenvalue weighted by atomic mass is 10.6. The first-order valence-electron chi connectivity index (χ1n) is 2.80. The fourth-order valence-corrected chi connectivity index (χ4v) is 0.959. The Hall–Kier alpha value is -1.23. The lowest BCUT2D eigenvalue weighted by molar-refractivity contribution is 0.564. The van der Waals surface area contributed by atoms with Crippen molar-refractivity contribution in [3.05, 3.63) is 23.5 Å². The average molecular weight is 173 g/mol. The van der Waals surface area contributed by atoms with Crippen molar-refractivity contribution < 1.29 is 4.39 Å². The van der Waals surface area contributed by atoms with Crippen LogP contribution < -0.4 is 0 Å². The molecular formula is C5H2ClFN4. The van der Waals surface area contributed by atoms with Gasteiger partial charge in [0.05, 0.1) is 0 Å². The molecule has 0 saturated carbocycles. The smallest absolute Gasteiger partial charge is 0.225 e. The molecule has 0 bridgehead atoms. The summed E-state index contributed by atoms with van der Waals surface area (Å²) in [6.45, 7) is 0. The molecule has 0 radical (unpaired) electrons. The van der Waals surface area contributed by atoms with E-state index in [9.17, 15) is 4.39 Å². The van der Waals surface area contributed by atoms with Crippen LogP contribution in [0, 0.1) is 5.95 Å². The summed E-state index contributed by atoms with van der Waals surface area (Å²) < 4.78 is 13.9. The van der Waals surface area contributed by atoms with Gasteiger partial charge < -0.3 is 0 Å². The minimum atomic E-state index is -0.523. The third kappa shape index (κ3) is 0.848. The highest BCUT2D eigenvalue weighted by molar-refractivity contribution is 6.28. The summed E-state index contributed by atoms with van der Waals surface area (Å²) in [5, 5.41) is 6.92. The van der Waals surface area contributed by atoms with Gasteiger partial charge >= 0.3 is 0 Å². The minimum Gasteiger partial charge on any atom is -0.225 e. The molecule has 56 valence electrons. The zero-order chi connectivity index (χ0) is 7.84. The molecule has 2 aromatic heterocycles. The van der Waals surface area contributed by atoms with Crippen molar-refractivity contribution in [1.82, 2.24) is 19.6 Å². The Morgan fingerprint density at radius 1 is 1.45 bits per heavy atom. The molecule has 2 rings (SSSR count). The Bertz CT molecular complexity index is 398. The maximum Gasteiger partial charge on any atom is 0.258 e. The van der Waals surface area contributed by atoms with Crippen LogP contribution in [-0.2, 0) is 0 Å². The number of hydrogen-bond donors (Lipinski definition) is 0. The van der Waals surface area contributed by atoms with Gasteiger partial charge in [-0.25, -0.2) is 9.38 Å². The fraction of sp³-hybridized carbons (Fsp3) is 0. The van der Waals surface area contributed by atoms with Gasteiger partial charge in [0.1, 0.15) is 0 Å². The zero-order valence-electron chi connectivity index (χ0n) is 5.20. The van der Waals surface area contributed by atoms with E-state index in [-0.39, 0.29) is 11.1 Å². The van der Waals surface area contributed by atoms with Crippen LogP contribution in [0.2, 0.25) is 5.28 Å². The van der Waals surface area contributed by atoms with Crippen LogP contribution in [0.3, 0.4) is 0 Å². The number of halogens is 2. The van der Waals surface area contributed by atoms with Crippen molar-refractivity contribution in [2.24, 2.45) is 0 Å². The quantitative estimate of drug-likeness (QED) is 0.555. The van der Waals surface area contributed by atoms with Gasteiger partial charge in [-0.2, -0.15) is 4.39 Å². The first-order chi connectivity index (χ1) is 5.29. The van der Waals surface area contributed by atoms with Gasteiger partial charge in [0.25, 0.3) is 5.78 Å². The molecule has 0 N–H and O–H groups in total. The molecule has 0 fully saturated rings. The Labute approximate surface area is 65.6 Å². The summed E-state index contributed by atoms with van der Waals surface area (Å²) in [4.78, 5) is 3.73. The first kappa shape index (κ1) is 6.48. The summed E-state index contributed by atoms with van der Waals surface area (Å²) in [7, 11) is 0. The molecule has 4 nitrogen and oxygen atoms in total. The number of hydrogen-bond acceptors (Lipinski definition) is 3. The third-order valence-electron chi connectivity index (χ3n) is 1.22. The van der Waals surface area contributed by atoms with Crippen LogP contribution in [-0.4, -0.2) is 19.6 Å². The monoisotopic (exact) mass is 172 g/mol. The Balaban J connectivity index is 2.96. The van der Waals surface area contributed by atoms with Gasteiger partial charge in [-0.05, 0) is 11.6 Å². The van der Waals surface area contributed by atoms with E-state index in [2.05, 4.69) is 15.2 Å². The fourth-order valence-electron chi connectivity index (χ4n) is 0.765. The van der Waals surface area contributed by atoms with E-state index < -0.39 is 5.95 Å². The normalized spacial score (nSPS) is 10.7. The highest BCUT2D eigenvalue weighted by atomic mass is 35.5. The van der Waals surface area contributed by atoms with Gasteiger partial charge in [-0.1, -0.05) is 0 Å². The molecule has 0 unspecified atom stereocenters. The first-order valence-corrected chi connectivity index (χ1v) is 3.18. The number of nitrogens with zero attached hydrogens (tertiary/aromatic N) is 4. The van der Waals surface area contributed by atoms with Gasteiger partial charge in [0.15, 0.2) is 0 Å². The lowest BCUT2D eigenvalue weighted by Gasteiger charge is -1.91. The molecule has 0 amide bonds. The third-order valence-corrected chi connectivity index (χ3v) is 1.47. The number of rotatable bonds is 0. The number of aromatic nitrogens is 4. The molecule has 11 heavy (non-hydrogen) atoms. The van der Waals surface area contributed by atoms with E-state index in [1.807, 2.05) is 0 Å². The molecule has 0 aliphatic heterocycles. The molecule has 0 aliphatic rings. The van der Waals surface area contributed by atoms with E-state index in [0.717, 1.165) is 4.40 Å². The predicted octanol–water partition coefficient (Wildman–Crippen LogP) is 0.917. The van der Waals surface area contributed by atoms with Gasteiger partial charge in [-0.3, -0.25) is 0 Å². The molecule has 6 heteroatoms. The van der Waals surface area contributed by atoms with Crippen LogP contribution in [0.4, 0.5) is 4.39 Å². The summed E-state index contributed by atoms with van der Waals surface area (Å²) in [5.74, 6) is -0.361. The van der Waals surface area contributed by atoms with Crippen molar-refractivity contribution >= 4 is 17.4 Å². The van der Waals surface area contributed by atoms with Gasteiger partial charge in [0.2, 0.25) is 11.2 Å². The Morgan fingerprint density at radius 3 is 3.00 bits per heavy atom. The van der Waals surface area contributed by atoms with Gasteiger partial charge in [-0.15, -0.1) is 10.2 Å².